The molecular weight excluding hydrogens is 286 g/mol. The summed E-state index contributed by atoms with van der Waals surface area (Å²) in [5.41, 5.74) is 5.61. The highest BCUT2D eigenvalue weighted by molar-refractivity contribution is 6.27. The van der Waals surface area contributed by atoms with Crippen molar-refractivity contribution in [3.8, 4) is 0 Å². The molecule has 0 aromatic heterocycles. The number of allylic oxidation sites excluding steroid dienone is 4. The number of ketones is 2. The first-order chi connectivity index (χ1) is 10.5. The van der Waals surface area contributed by atoms with Crippen LogP contribution in [0.2, 0.25) is 0 Å². The molecule has 22 heavy (non-hydrogen) atoms. The summed E-state index contributed by atoms with van der Waals surface area (Å²) in [6.07, 6.45) is 5.41. The molecule has 0 fully saturated rings. The lowest BCUT2D eigenvalue weighted by atomic mass is 9.95. The number of carboxylic acid groups (broad SMARTS) is 1. The molecule has 0 saturated heterocycles. The van der Waals surface area contributed by atoms with Crippen molar-refractivity contribution < 1.29 is 24.6 Å². The monoisotopic (exact) mass is 303 g/mol. The van der Waals surface area contributed by atoms with Gasteiger partial charge >= 0.3 is 5.97 Å². The summed E-state index contributed by atoms with van der Waals surface area (Å²) in [7, 11) is 0. The van der Waals surface area contributed by atoms with E-state index in [4.69, 9.17) is 15.9 Å². The Hall–Kier alpha value is -2.57. The molecule has 1 atom stereocenters. The van der Waals surface area contributed by atoms with Crippen molar-refractivity contribution in [2.24, 2.45) is 5.73 Å². The van der Waals surface area contributed by atoms with Gasteiger partial charge in [0, 0.05) is 12.0 Å². The van der Waals surface area contributed by atoms with Crippen LogP contribution >= 0.6 is 0 Å². The van der Waals surface area contributed by atoms with Crippen LogP contribution in [-0.2, 0) is 9.59 Å². The van der Waals surface area contributed by atoms with Crippen LogP contribution in [0.5, 0.6) is 0 Å². The van der Waals surface area contributed by atoms with E-state index < -0.39 is 18.6 Å². The van der Waals surface area contributed by atoms with E-state index in [0.717, 1.165) is 0 Å². The maximum atomic E-state index is 11.9. The van der Waals surface area contributed by atoms with Gasteiger partial charge in [-0.05, 0) is 6.08 Å². The minimum atomic E-state index is -1.18. The number of hydrogen-bond acceptors (Lipinski definition) is 5. The number of rotatable bonds is 4. The third kappa shape index (κ3) is 5.08. The van der Waals surface area contributed by atoms with Gasteiger partial charge in [0.05, 0.1) is 12.2 Å². The number of carbonyl (C=O) groups is 3. The van der Waals surface area contributed by atoms with Crippen LogP contribution in [0, 0.1) is 0 Å². The summed E-state index contributed by atoms with van der Waals surface area (Å²) < 4.78 is 0. The number of carboxylic acids is 1. The van der Waals surface area contributed by atoms with Gasteiger partial charge in [-0.1, -0.05) is 42.5 Å². The normalized spacial score (nSPS) is 14.5. The lowest BCUT2D eigenvalue weighted by Crippen LogP contribution is -2.33. The highest BCUT2D eigenvalue weighted by atomic mass is 16.4. The minimum Gasteiger partial charge on any atom is -0.480 e. The van der Waals surface area contributed by atoms with Crippen molar-refractivity contribution in [1.82, 2.24) is 0 Å². The van der Waals surface area contributed by atoms with Gasteiger partial charge in [-0.3, -0.25) is 14.4 Å². The van der Waals surface area contributed by atoms with Crippen LogP contribution in [0.1, 0.15) is 16.8 Å². The molecule has 0 spiro atoms. The van der Waals surface area contributed by atoms with E-state index in [9.17, 15) is 14.4 Å². The molecule has 1 aliphatic rings. The summed E-state index contributed by atoms with van der Waals surface area (Å²) in [6.45, 7) is -0.505. The summed E-state index contributed by atoms with van der Waals surface area (Å²) in [5, 5.41) is 15.9. The second-order valence-corrected chi connectivity index (χ2v) is 4.46. The Morgan fingerprint density at radius 3 is 2.32 bits per heavy atom. The number of carbonyl (C=O) groups excluding carboxylic acids is 2. The van der Waals surface area contributed by atoms with Crippen LogP contribution in [0.25, 0.3) is 0 Å². The number of benzene rings is 1. The minimum absolute atomic E-state index is 0.105. The zero-order chi connectivity index (χ0) is 16.5. The lowest BCUT2D eigenvalue weighted by Gasteiger charge is -2.06. The molecule has 6 nitrogen and oxygen atoms in total. The molecule has 0 bridgehead atoms. The quantitative estimate of drug-likeness (QED) is 0.557. The molecule has 0 heterocycles. The average Bonchev–Trinajstić information content (AvgIpc) is 2.55. The van der Waals surface area contributed by atoms with Crippen LogP contribution in [0.3, 0.4) is 0 Å². The van der Waals surface area contributed by atoms with E-state index in [0.29, 0.717) is 12.0 Å². The molecule has 0 unspecified atom stereocenters. The fourth-order valence-electron chi connectivity index (χ4n) is 1.57. The number of aliphatic hydroxyl groups is 1. The van der Waals surface area contributed by atoms with Gasteiger partial charge in [-0.25, -0.2) is 0 Å². The Morgan fingerprint density at radius 1 is 1.23 bits per heavy atom. The maximum absolute atomic E-state index is 11.9. The standard InChI is InChI=1S/C13H10O2.C3H7NO3/c14-12-9-5-4-8-11(12)13(15)10-6-2-1-3-7-10;4-2(1-5)3(6)7/h1-8H,9H2;2,5H,1,4H2,(H,6,7)/t;2-/m.0/s1. The average molecular weight is 303 g/mol. The van der Waals surface area contributed by atoms with Gasteiger partial charge in [-0.15, -0.1) is 0 Å². The van der Waals surface area contributed by atoms with E-state index in [1.54, 1.807) is 42.5 Å². The first kappa shape index (κ1) is 17.5. The smallest absolute Gasteiger partial charge is 0.322 e. The Balaban J connectivity index is 0.000000295. The number of aliphatic hydroxyl groups excluding tert-OH is 1. The SMILES string of the molecule is N[C@@H](CO)C(=O)O.O=C1CC=CC=C1C(=O)c1ccccc1. The topological polar surface area (TPSA) is 118 Å². The second-order valence-electron chi connectivity index (χ2n) is 4.46. The van der Waals surface area contributed by atoms with Crippen molar-refractivity contribution in [3.63, 3.8) is 0 Å². The number of aliphatic carboxylic acids is 1. The Bertz CT molecular complexity index is 604. The van der Waals surface area contributed by atoms with Crippen LogP contribution in [0.4, 0.5) is 0 Å². The molecule has 0 aliphatic heterocycles. The van der Waals surface area contributed by atoms with Crippen molar-refractivity contribution in [1.29, 1.82) is 0 Å². The number of hydrogen-bond donors (Lipinski definition) is 3. The van der Waals surface area contributed by atoms with Crippen molar-refractivity contribution in [2.45, 2.75) is 12.5 Å². The molecule has 116 valence electrons. The summed E-state index contributed by atoms with van der Waals surface area (Å²) in [5.74, 6) is -1.47. The zero-order valence-electron chi connectivity index (χ0n) is 11.8. The highest BCUT2D eigenvalue weighted by Gasteiger charge is 2.19. The summed E-state index contributed by atoms with van der Waals surface area (Å²) in [6, 6.07) is 7.73. The van der Waals surface area contributed by atoms with Crippen molar-refractivity contribution >= 4 is 17.5 Å². The third-order valence-electron chi connectivity index (χ3n) is 2.80. The molecule has 2 rings (SSSR count). The van der Waals surface area contributed by atoms with E-state index in [1.807, 2.05) is 6.07 Å². The van der Waals surface area contributed by atoms with Crippen molar-refractivity contribution in [3.05, 3.63) is 59.7 Å². The maximum Gasteiger partial charge on any atom is 0.322 e. The Morgan fingerprint density at radius 2 is 1.86 bits per heavy atom. The largest absolute Gasteiger partial charge is 0.480 e. The first-order valence-corrected chi connectivity index (χ1v) is 6.56. The lowest BCUT2D eigenvalue weighted by molar-refractivity contribution is -0.139. The fraction of sp³-hybridized carbons (Fsp3) is 0.188. The predicted molar refractivity (Wildman–Crippen MR) is 80.3 cm³/mol. The van der Waals surface area contributed by atoms with E-state index >= 15 is 0 Å². The predicted octanol–water partition coefficient (Wildman–Crippen LogP) is 0.715. The van der Waals surface area contributed by atoms with Crippen molar-refractivity contribution in [2.75, 3.05) is 6.61 Å². The van der Waals surface area contributed by atoms with E-state index in [-0.39, 0.29) is 17.1 Å². The third-order valence-corrected chi connectivity index (χ3v) is 2.80. The van der Waals surface area contributed by atoms with Gasteiger partial charge in [0.15, 0.2) is 11.6 Å². The number of nitrogens with two attached hydrogens (primary N) is 1. The van der Waals surface area contributed by atoms with Crippen LogP contribution < -0.4 is 5.73 Å². The first-order valence-electron chi connectivity index (χ1n) is 6.56. The molecule has 0 amide bonds. The van der Waals surface area contributed by atoms with Gasteiger partial charge in [0.1, 0.15) is 6.04 Å². The fourth-order valence-corrected chi connectivity index (χ4v) is 1.57. The van der Waals surface area contributed by atoms with Crippen LogP contribution in [0.15, 0.2) is 54.1 Å². The van der Waals surface area contributed by atoms with Gasteiger partial charge in [0.25, 0.3) is 0 Å². The van der Waals surface area contributed by atoms with Gasteiger partial charge in [-0.2, -0.15) is 0 Å². The molecule has 0 radical (unpaired) electrons. The molecular formula is C16H17NO5. The molecule has 6 heteroatoms. The molecule has 4 N–H and O–H groups in total. The molecule has 1 aliphatic carbocycles. The van der Waals surface area contributed by atoms with E-state index in [1.165, 1.54) is 0 Å². The summed E-state index contributed by atoms with van der Waals surface area (Å²) >= 11 is 0. The highest BCUT2D eigenvalue weighted by Crippen LogP contribution is 2.14. The van der Waals surface area contributed by atoms with Crippen LogP contribution in [-0.4, -0.2) is 40.4 Å². The molecule has 1 aromatic carbocycles. The zero-order valence-corrected chi connectivity index (χ0v) is 11.8. The number of Topliss-reactive ketones (excluding diaryl/α,β-unsaturated/α-hetero) is 2. The Kier molecular flexibility index (Phi) is 6.88. The Labute approximate surface area is 127 Å². The molecule has 1 aromatic rings. The van der Waals surface area contributed by atoms with Gasteiger partial charge in [0.2, 0.25) is 0 Å². The van der Waals surface area contributed by atoms with E-state index in [2.05, 4.69) is 0 Å². The molecule has 0 saturated carbocycles. The second kappa shape index (κ2) is 8.66. The summed E-state index contributed by atoms with van der Waals surface area (Å²) in [4.78, 5) is 33.0. The van der Waals surface area contributed by atoms with Gasteiger partial charge < -0.3 is 15.9 Å².